The van der Waals surface area contributed by atoms with Crippen LogP contribution in [0.5, 0.6) is 0 Å². The summed E-state index contributed by atoms with van der Waals surface area (Å²) in [4.78, 5) is 25.0. The molecule has 2 N–H and O–H groups in total. The second kappa shape index (κ2) is 7.05. The Labute approximate surface area is 146 Å². The Hall–Kier alpha value is -2.33. The molecule has 2 amide bonds. The van der Waals surface area contributed by atoms with Gasteiger partial charge in [-0.2, -0.15) is 0 Å². The molecule has 1 saturated carbocycles. The molecule has 1 aliphatic carbocycles. The number of hydrogen-bond donors (Lipinski definition) is 2. The zero-order valence-corrected chi connectivity index (χ0v) is 14.0. The monoisotopic (exact) mass is 342 g/mol. The number of hydrazine groups is 1. The minimum Gasteiger partial charge on any atom is -0.272 e. The van der Waals surface area contributed by atoms with Crippen LogP contribution in [0.4, 0.5) is 0 Å². The fourth-order valence-corrected chi connectivity index (χ4v) is 3.50. The van der Waals surface area contributed by atoms with E-state index in [9.17, 15) is 9.59 Å². The van der Waals surface area contributed by atoms with E-state index in [1.165, 1.54) is 0 Å². The van der Waals surface area contributed by atoms with Crippen molar-refractivity contribution in [2.75, 3.05) is 0 Å². The fourth-order valence-electron chi connectivity index (χ4n) is 3.31. The highest BCUT2D eigenvalue weighted by Crippen LogP contribution is 2.41. The van der Waals surface area contributed by atoms with Crippen molar-refractivity contribution in [1.82, 2.24) is 10.9 Å². The number of halogens is 1. The van der Waals surface area contributed by atoms with E-state index in [4.69, 9.17) is 11.6 Å². The average Bonchev–Trinajstić information content (AvgIpc) is 3.11. The molecule has 1 fully saturated rings. The Kier molecular flexibility index (Phi) is 4.86. The summed E-state index contributed by atoms with van der Waals surface area (Å²) in [5.74, 6) is -0.519. The van der Waals surface area contributed by atoms with E-state index in [0.717, 1.165) is 31.2 Å². The number of carbonyl (C=O) groups is 2. The molecule has 2 aromatic carbocycles. The molecular weight excluding hydrogens is 324 g/mol. The van der Waals surface area contributed by atoms with Crippen molar-refractivity contribution < 1.29 is 9.59 Å². The predicted molar refractivity (Wildman–Crippen MR) is 93.6 cm³/mol. The molecule has 0 radical (unpaired) electrons. The van der Waals surface area contributed by atoms with Gasteiger partial charge in [0.1, 0.15) is 0 Å². The maximum atomic E-state index is 12.8. The maximum absolute atomic E-state index is 12.8. The number of amides is 2. The lowest BCUT2D eigenvalue weighted by Crippen LogP contribution is -2.50. The molecule has 4 nitrogen and oxygen atoms in total. The van der Waals surface area contributed by atoms with Gasteiger partial charge in [0.05, 0.1) is 5.41 Å². The summed E-state index contributed by atoms with van der Waals surface area (Å²) in [5, 5.41) is 0.611. The molecule has 5 heteroatoms. The molecule has 3 rings (SSSR count). The summed E-state index contributed by atoms with van der Waals surface area (Å²) in [6.45, 7) is 0. The van der Waals surface area contributed by atoms with Crippen LogP contribution in [0.25, 0.3) is 0 Å². The Balaban J connectivity index is 1.75. The fraction of sp³-hybridized carbons (Fsp3) is 0.263. The van der Waals surface area contributed by atoms with Crippen LogP contribution in [-0.4, -0.2) is 11.8 Å². The van der Waals surface area contributed by atoms with Gasteiger partial charge in [-0.1, -0.05) is 54.8 Å². The molecule has 0 atom stereocenters. The van der Waals surface area contributed by atoms with Crippen molar-refractivity contribution in [3.8, 4) is 0 Å². The van der Waals surface area contributed by atoms with E-state index in [-0.39, 0.29) is 11.8 Å². The summed E-state index contributed by atoms with van der Waals surface area (Å²) in [5.41, 5.74) is 5.89. The zero-order chi connectivity index (χ0) is 17.0. The third-order valence-electron chi connectivity index (χ3n) is 4.59. The second-order valence-corrected chi connectivity index (χ2v) is 6.51. The third-order valence-corrected chi connectivity index (χ3v) is 4.83. The molecule has 2 aromatic rings. The van der Waals surface area contributed by atoms with Gasteiger partial charge in [-0.25, -0.2) is 0 Å². The lowest BCUT2D eigenvalue weighted by atomic mass is 9.78. The van der Waals surface area contributed by atoms with Crippen LogP contribution in [0.3, 0.4) is 0 Å². The summed E-state index contributed by atoms with van der Waals surface area (Å²) in [6, 6.07) is 16.2. The smallest absolute Gasteiger partial charge is 0.269 e. The maximum Gasteiger partial charge on any atom is 0.269 e. The number of nitrogens with one attached hydrogen (secondary N) is 2. The van der Waals surface area contributed by atoms with E-state index in [1.807, 2.05) is 24.3 Å². The summed E-state index contributed by atoms with van der Waals surface area (Å²) in [6.07, 6.45) is 3.46. The van der Waals surface area contributed by atoms with Crippen LogP contribution in [0, 0.1) is 0 Å². The Morgan fingerprint density at radius 3 is 2.29 bits per heavy atom. The van der Waals surface area contributed by atoms with Gasteiger partial charge in [0.25, 0.3) is 5.91 Å². The zero-order valence-electron chi connectivity index (χ0n) is 13.2. The first-order chi connectivity index (χ1) is 11.6. The van der Waals surface area contributed by atoms with Crippen LogP contribution in [-0.2, 0) is 10.2 Å². The minimum absolute atomic E-state index is 0.188. The van der Waals surface area contributed by atoms with Gasteiger partial charge in [0.15, 0.2) is 0 Å². The van der Waals surface area contributed by atoms with Crippen molar-refractivity contribution >= 4 is 23.4 Å². The first-order valence-electron chi connectivity index (χ1n) is 8.04. The van der Waals surface area contributed by atoms with Crippen molar-refractivity contribution in [2.45, 2.75) is 31.1 Å². The van der Waals surface area contributed by atoms with Crippen molar-refractivity contribution in [3.05, 3.63) is 70.7 Å². The number of hydrogen-bond acceptors (Lipinski definition) is 2. The van der Waals surface area contributed by atoms with Crippen LogP contribution in [0.1, 0.15) is 41.6 Å². The quantitative estimate of drug-likeness (QED) is 0.837. The summed E-state index contributed by atoms with van der Waals surface area (Å²) >= 11 is 6.10. The van der Waals surface area contributed by atoms with Gasteiger partial charge < -0.3 is 0 Å². The lowest BCUT2D eigenvalue weighted by Gasteiger charge is -2.28. The lowest BCUT2D eigenvalue weighted by molar-refractivity contribution is -0.127. The first kappa shape index (κ1) is 16.5. The topological polar surface area (TPSA) is 58.2 Å². The summed E-state index contributed by atoms with van der Waals surface area (Å²) in [7, 11) is 0. The first-order valence-corrected chi connectivity index (χ1v) is 8.41. The van der Waals surface area contributed by atoms with E-state index in [2.05, 4.69) is 10.9 Å². The van der Waals surface area contributed by atoms with Crippen molar-refractivity contribution in [2.24, 2.45) is 0 Å². The van der Waals surface area contributed by atoms with Gasteiger partial charge >= 0.3 is 0 Å². The van der Waals surface area contributed by atoms with Gasteiger partial charge in [-0.3, -0.25) is 20.4 Å². The Morgan fingerprint density at radius 2 is 1.62 bits per heavy atom. The minimum atomic E-state index is -0.630. The predicted octanol–water partition coefficient (Wildman–Crippen LogP) is 3.61. The molecule has 0 saturated heterocycles. The SMILES string of the molecule is O=C(NNC(=O)C1(c2cccc(Cl)c2)CCCC1)c1ccccc1. The van der Waals surface area contributed by atoms with E-state index < -0.39 is 5.41 Å². The molecule has 1 aliphatic rings. The molecule has 24 heavy (non-hydrogen) atoms. The van der Waals surface area contributed by atoms with Crippen LogP contribution < -0.4 is 10.9 Å². The van der Waals surface area contributed by atoms with Crippen LogP contribution >= 0.6 is 11.6 Å². The Bertz CT molecular complexity index is 740. The second-order valence-electron chi connectivity index (χ2n) is 6.07. The average molecular weight is 343 g/mol. The van der Waals surface area contributed by atoms with E-state index in [0.29, 0.717) is 10.6 Å². The van der Waals surface area contributed by atoms with Gasteiger partial charge in [-0.15, -0.1) is 0 Å². The standard InChI is InChI=1S/C19H19ClN2O2/c20-16-10-6-9-15(13-16)19(11-4-5-12-19)18(24)22-21-17(23)14-7-2-1-3-8-14/h1-3,6-10,13H,4-5,11-12H2,(H,21,23)(H,22,24). The summed E-state index contributed by atoms with van der Waals surface area (Å²) < 4.78 is 0. The largest absolute Gasteiger partial charge is 0.272 e. The van der Waals surface area contributed by atoms with Gasteiger partial charge in [-0.05, 0) is 42.7 Å². The van der Waals surface area contributed by atoms with E-state index in [1.54, 1.807) is 30.3 Å². The molecule has 0 aliphatic heterocycles. The third kappa shape index (κ3) is 3.29. The molecule has 0 heterocycles. The molecule has 0 spiro atoms. The number of benzene rings is 2. The van der Waals surface area contributed by atoms with E-state index >= 15 is 0 Å². The van der Waals surface area contributed by atoms with Crippen molar-refractivity contribution in [1.29, 1.82) is 0 Å². The number of carbonyl (C=O) groups excluding carboxylic acids is 2. The highest BCUT2D eigenvalue weighted by Gasteiger charge is 2.43. The van der Waals surface area contributed by atoms with Crippen LogP contribution in [0.2, 0.25) is 5.02 Å². The highest BCUT2D eigenvalue weighted by molar-refractivity contribution is 6.30. The molecular formula is C19H19ClN2O2. The molecule has 124 valence electrons. The Morgan fingerprint density at radius 1 is 0.917 bits per heavy atom. The van der Waals surface area contributed by atoms with Crippen molar-refractivity contribution in [3.63, 3.8) is 0 Å². The highest BCUT2D eigenvalue weighted by atomic mass is 35.5. The molecule has 0 bridgehead atoms. The normalized spacial score (nSPS) is 15.7. The molecule has 0 unspecified atom stereocenters. The molecule has 0 aromatic heterocycles. The number of rotatable bonds is 3. The van der Waals surface area contributed by atoms with Gasteiger partial charge in [0.2, 0.25) is 5.91 Å². The van der Waals surface area contributed by atoms with Crippen LogP contribution in [0.15, 0.2) is 54.6 Å². The van der Waals surface area contributed by atoms with Gasteiger partial charge in [0, 0.05) is 10.6 Å².